The molecule has 2 aromatic heterocycles. The van der Waals surface area contributed by atoms with E-state index < -0.39 is 11.9 Å². The van der Waals surface area contributed by atoms with Crippen LogP contribution in [0.5, 0.6) is 0 Å². The number of carbonyl (C=O) groups excluding carboxylic acids is 2. The van der Waals surface area contributed by atoms with E-state index in [4.69, 9.17) is 4.98 Å². The van der Waals surface area contributed by atoms with Gasteiger partial charge in [-0.2, -0.15) is 4.39 Å². The summed E-state index contributed by atoms with van der Waals surface area (Å²) in [5.41, 5.74) is 3.18. The molecule has 2 atom stereocenters. The van der Waals surface area contributed by atoms with E-state index in [9.17, 15) is 14.0 Å². The lowest BCUT2D eigenvalue weighted by molar-refractivity contribution is -0.121. The predicted octanol–water partition coefficient (Wildman–Crippen LogP) is 2.13. The van der Waals surface area contributed by atoms with Crippen LogP contribution in [0.4, 0.5) is 15.8 Å². The second kappa shape index (κ2) is 7.81. The molecule has 32 heavy (non-hydrogen) atoms. The number of hydrogen-bond acceptors (Lipinski definition) is 6. The lowest BCUT2D eigenvalue weighted by Gasteiger charge is -2.36. The molecule has 8 nitrogen and oxygen atoms in total. The van der Waals surface area contributed by atoms with Gasteiger partial charge in [-0.3, -0.25) is 19.5 Å². The monoisotopic (exact) mass is 438 g/mol. The Bertz CT molecular complexity index is 1080. The molecular weight excluding hydrogens is 411 g/mol. The molecule has 0 spiro atoms. The lowest BCUT2D eigenvalue weighted by Crippen LogP contribution is -2.46. The fraction of sp³-hybridized carbons (Fsp3) is 0.478. The maximum atomic E-state index is 14.5. The maximum absolute atomic E-state index is 14.5. The molecule has 168 valence electrons. The van der Waals surface area contributed by atoms with E-state index >= 15 is 0 Å². The molecule has 2 unspecified atom stereocenters. The van der Waals surface area contributed by atoms with E-state index in [0.717, 1.165) is 49.4 Å². The molecular formula is C23H27FN6O2. The van der Waals surface area contributed by atoms with Gasteiger partial charge >= 0.3 is 0 Å². The normalized spacial score (nSPS) is 24.4. The van der Waals surface area contributed by atoms with Crippen LogP contribution in [0.15, 0.2) is 24.4 Å². The number of pyridine rings is 2. The van der Waals surface area contributed by atoms with Gasteiger partial charge in [-0.05, 0) is 36.6 Å². The molecule has 5 rings (SSSR count). The Morgan fingerprint density at radius 1 is 1.31 bits per heavy atom. The third kappa shape index (κ3) is 3.40. The third-order valence-corrected chi connectivity index (χ3v) is 7.12. The first-order chi connectivity index (χ1) is 15.4. The van der Waals surface area contributed by atoms with Gasteiger partial charge in [0.05, 0.1) is 22.5 Å². The van der Waals surface area contributed by atoms with Crippen molar-refractivity contribution in [1.82, 2.24) is 20.2 Å². The largest absolute Gasteiger partial charge is 0.365 e. The van der Waals surface area contributed by atoms with E-state index in [1.807, 2.05) is 17.2 Å². The van der Waals surface area contributed by atoms with Crippen molar-refractivity contribution in [3.8, 4) is 0 Å². The molecule has 3 aliphatic rings. The van der Waals surface area contributed by atoms with Crippen LogP contribution in [0.3, 0.4) is 0 Å². The minimum atomic E-state index is -0.627. The van der Waals surface area contributed by atoms with Crippen LogP contribution < -0.4 is 15.5 Å². The zero-order valence-electron chi connectivity index (χ0n) is 18.3. The SMILES string of the molecule is CCC12CC1c1ncc(CN3CCN(c4ccc(C(=O)NC)nc4F)CC3)cc1NC2=O. The van der Waals surface area contributed by atoms with Gasteiger partial charge < -0.3 is 15.5 Å². The topological polar surface area (TPSA) is 90.5 Å². The molecule has 9 heteroatoms. The molecule has 1 aliphatic carbocycles. The zero-order chi connectivity index (χ0) is 22.5. The molecule has 0 bridgehead atoms. The highest BCUT2D eigenvalue weighted by Gasteiger charge is 2.62. The van der Waals surface area contributed by atoms with Gasteiger partial charge in [0.15, 0.2) is 0 Å². The van der Waals surface area contributed by atoms with Crippen molar-refractivity contribution >= 4 is 23.2 Å². The summed E-state index contributed by atoms with van der Waals surface area (Å²) in [6.45, 7) is 5.65. The Hall–Kier alpha value is -3.07. The Labute approximate surface area is 186 Å². The van der Waals surface area contributed by atoms with Crippen molar-refractivity contribution in [2.75, 3.05) is 43.4 Å². The van der Waals surface area contributed by atoms with Crippen LogP contribution in [0.25, 0.3) is 0 Å². The first-order valence-electron chi connectivity index (χ1n) is 11.1. The van der Waals surface area contributed by atoms with Crippen LogP contribution in [0.1, 0.15) is 47.4 Å². The number of fused-ring (bicyclic) bond motifs is 3. The summed E-state index contributed by atoms with van der Waals surface area (Å²) < 4.78 is 14.5. The molecule has 2 N–H and O–H groups in total. The highest BCUT2D eigenvalue weighted by Crippen LogP contribution is 2.64. The fourth-order valence-corrected chi connectivity index (χ4v) is 5.02. The number of rotatable bonds is 5. The highest BCUT2D eigenvalue weighted by atomic mass is 19.1. The molecule has 2 amide bonds. The van der Waals surface area contributed by atoms with Crippen molar-refractivity contribution in [1.29, 1.82) is 0 Å². The number of anilines is 2. The number of amides is 2. The van der Waals surface area contributed by atoms with Gasteiger partial charge in [-0.25, -0.2) is 4.98 Å². The van der Waals surface area contributed by atoms with Crippen molar-refractivity contribution in [2.24, 2.45) is 5.41 Å². The molecule has 4 heterocycles. The number of halogens is 1. The van der Waals surface area contributed by atoms with Gasteiger partial charge in [-0.15, -0.1) is 0 Å². The Kier molecular flexibility index (Phi) is 5.08. The molecule has 2 fully saturated rings. The molecule has 0 aromatic carbocycles. The lowest BCUT2D eigenvalue weighted by atomic mass is 9.93. The second-order valence-electron chi connectivity index (χ2n) is 8.85. The molecule has 2 aliphatic heterocycles. The summed E-state index contributed by atoms with van der Waals surface area (Å²) in [4.78, 5) is 36.9. The Balaban J connectivity index is 1.21. The number of piperazine rings is 1. The van der Waals surface area contributed by atoms with Crippen LogP contribution in [0, 0.1) is 11.4 Å². The summed E-state index contributed by atoms with van der Waals surface area (Å²) in [7, 11) is 1.49. The number of nitrogens with one attached hydrogen (secondary N) is 2. The van der Waals surface area contributed by atoms with Crippen LogP contribution in [-0.4, -0.2) is 59.9 Å². The summed E-state index contributed by atoms with van der Waals surface area (Å²) in [6, 6.07) is 5.21. The summed E-state index contributed by atoms with van der Waals surface area (Å²) in [5.74, 6) is -0.648. The van der Waals surface area contributed by atoms with Crippen molar-refractivity contribution < 1.29 is 14.0 Å². The fourth-order valence-electron chi connectivity index (χ4n) is 5.02. The number of aromatic nitrogens is 2. The number of carbonyl (C=O) groups is 2. The standard InChI is InChI=1S/C23H27FN6O2/c1-3-23-11-15(23)19-17(28-22(23)32)10-14(12-26-19)13-29-6-8-30(9-7-29)18-5-4-16(21(31)25-2)27-20(18)24/h4-5,10,12,15H,3,6-9,11,13H2,1-2H3,(H,25,31)(H,28,32). The summed E-state index contributed by atoms with van der Waals surface area (Å²) >= 11 is 0. The molecule has 1 saturated heterocycles. The van der Waals surface area contributed by atoms with E-state index in [0.29, 0.717) is 18.8 Å². The zero-order valence-corrected chi connectivity index (χ0v) is 18.3. The summed E-state index contributed by atoms with van der Waals surface area (Å²) in [5, 5.41) is 5.52. The first kappa shape index (κ1) is 20.8. The average molecular weight is 439 g/mol. The van der Waals surface area contributed by atoms with E-state index in [-0.39, 0.29) is 22.9 Å². The Morgan fingerprint density at radius 3 is 2.78 bits per heavy atom. The van der Waals surface area contributed by atoms with Crippen LogP contribution in [-0.2, 0) is 11.3 Å². The average Bonchev–Trinajstić information content (AvgIpc) is 3.56. The van der Waals surface area contributed by atoms with Gasteiger partial charge in [0.2, 0.25) is 11.9 Å². The van der Waals surface area contributed by atoms with E-state index in [1.165, 1.54) is 7.05 Å². The first-order valence-corrected chi connectivity index (χ1v) is 11.1. The minimum Gasteiger partial charge on any atom is -0.365 e. The van der Waals surface area contributed by atoms with Gasteiger partial charge in [0.1, 0.15) is 5.69 Å². The summed E-state index contributed by atoms with van der Waals surface area (Å²) in [6.07, 6.45) is 3.66. The van der Waals surface area contributed by atoms with Gasteiger partial charge in [0.25, 0.3) is 5.91 Å². The van der Waals surface area contributed by atoms with Crippen LogP contribution in [0.2, 0.25) is 0 Å². The van der Waals surface area contributed by atoms with Crippen molar-refractivity contribution in [3.63, 3.8) is 0 Å². The molecule has 0 radical (unpaired) electrons. The molecule has 2 aromatic rings. The smallest absolute Gasteiger partial charge is 0.269 e. The quantitative estimate of drug-likeness (QED) is 0.695. The highest BCUT2D eigenvalue weighted by molar-refractivity contribution is 6.02. The third-order valence-electron chi connectivity index (χ3n) is 7.12. The second-order valence-corrected chi connectivity index (χ2v) is 8.85. The predicted molar refractivity (Wildman–Crippen MR) is 118 cm³/mol. The minimum absolute atomic E-state index is 0.0711. The van der Waals surface area contributed by atoms with Crippen molar-refractivity contribution in [3.05, 3.63) is 47.3 Å². The van der Waals surface area contributed by atoms with E-state index in [1.54, 1.807) is 12.1 Å². The van der Waals surface area contributed by atoms with E-state index in [2.05, 4.69) is 27.4 Å². The van der Waals surface area contributed by atoms with Crippen molar-refractivity contribution in [2.45, 2.75) is 32.2 Å². The van der Waals surface area contributed by atoms with Gasteiger partial charge in [0, 0.05) is 51.9 Å². The maximum Gasteiger partial charge on any atom is 0.269 e. The molecule has 1 saturated carbocycles. The Morgan fingerprint density at radius 2 is 2.09 bits per heavy atom. The van der Waals surface area contributed by atoms with Gasteiger partial charge in [-0.1, -0.05) is 6.92 Å². The number of nitrogens with zero attached hydrogens (tertiary/aromatic N) is 4. The number of hydrogen-bond donors (Lipinski definition) is 2. The van der Waals surface area contributed by atoms with Crippen LogP contribution >= 0.6 is 0 Å².